The first-order valence-electron chi connectivity index (χ1n) is 3.71. The van der Waals surface area contributed by atoms with Crippen molar-refractivity contribution in [3.8, 4) is 0 Å². The van der Waals surface area contributed by atoms with Crippen molar-refractivity contribution in [3.05, 3.63) is 28.0 Å². The normalized spacial score (nSPS) is 12.5. The van der Waals surface area contributed by atoms with Gasteiger partial charge in [-0.15, -0.1) is 0 Å². The van der Waals surface area contributed by atoms with Crippen molar-refractivity contribution in [3.63, 3.8) is 0 Å². The summed E-state index contributed by atoms with van der Waals surface area (Å²) in [4.78, 5) is 14.1. The molecule has 0 aliphatic heterocycles. The molecule has 0 spiro atoms. The summed E-state index contributed by atoms with van der Waals surface area (Å²) in [7, 11) is 0. The van der Waals surface area contributed by atoms with Crippen LogP contribution in [0.1, 0.15) is 5.56 Å². The molecule has 1 aromatic rings. The van der Waals surface area contributed by atoms with E-state index in [1.54, 1.807) is 0 Å². The van der Waals surface area contributed by atoms with E-state index in [4.69, 9.17) is 33.4 Å². The molecule has 0 aliphatic carbocycles. The van der Waals surface area contributed by atoms with Gasteiger partial charge in [0.05, 0.1) is 0 Å². The highest BCUT2D eigenvalue weighted by atomic mass is 35.5. The Labute approximate surface area is 90.1 Å². The summed E-state index contributed by atoms with van der Waals surface area (Å²) in [6.07, 6.45) is -0.217. The Kier molecular flexibility index (Phi) is 3.69. The predicted octanol–water partition coefficient (Wildman–Crippen LogP) is 1.38. The fourth-order valence-corrected chi connectivity index (χ4v) is 1.32. The Bertz CT molecular complexity index is 356. The lowest BCUT2D eigenvalue weighted by atomic mass is 10.1. The molecule has 6 heteroatoms. The van der Waals surface area contributed by atoms with Gasteiger partial charge in [0.25, 0.3) is 0 Å². The van der Waals surface area contributed by atoms with Crippen LogP contribution in [0.5, 0.6) is 0 Å². The zero-order valence-corrected chi connectivity index (χ0v) is 8.46. The second-order valence-corrected chi connectivity index (χ2v) is 3.45. The molecule has 0 bridgehead atoms. The monoisotopic (exact) mass is 235 g/mol. The fourth-order valence-electron chi connectivity index (χ4n) is 0.882. The summed E-state index contributed by atoms with van der Waals surface area (Å²) in [6.45, 7) is 0. The van der Waals surface area contributed by atoms with E-state index in [0.717, 1.165) is 0 Å². The molecule has 2 N–H and O–H groups in total. The molecule has 14 heavy (non-hydrogen) atoms. The second-order valence-electron chi connectivity index (χ2n) is 2.66. The van der Waals surface area contributed by atoms with Gasteiger partial charge in [-0.25, -0.2) is 9.78 Å². The Morgan fingerprint density at radius 1 is 1.57 bits per heavy atom. The van der Waals surface area contributed by atoms with Gasteiger partial charge in [0.15, 0.2) is 6.10 Å². The first-order valence-corrected chi connectivity index (χ1v) is 4.47. The number of carbonyl (C=O) groups is 1. The zero-order chi connectivity index (χ0) is 10.7. The number of aliphatic carboxylic acids is 1. The number of hydrogen-bond acceptors (Lipinski definition) is 3. The first kappa shape index (κ1) is 11.2. The van der Waals surface area contributed by atoms with E-state index in [2.05, 4.69) is 4.98 Å². The van der Waals surface area contributed by atoms with Gasteiger partial charge in [0.2, 0.25) is 0 Å². The second kappa shape index (κ2) is 4.59. The number of aliphatic hydroxyl groups is 1. The molecule has 0 amide bonds. The third-order valence-corrected chi connectivity index (χ3v) is 2.15. The molecule has 0 saturated heterocycles. The summed E-state index contributed by atoms with van der Waals surface area (Å²) >= 11 is 11.3. The molecule has 1 unspecified atom stereocenters. The quantitative estimate of drug-likeness (QED) is 0.777. The standard InChI is InChI=1S/C8H7Cl2NO3/c9-5-2-7(10)11-3-4(5)1-6(12)8(13)14/h2-3,6,12H,1H2,(H,13,14). The van der Waals surface area contributed by atoms with Crippen molar-refractivity contribution >= 4 is 29.2 Å². The maximum atomic E-state index is 10.3. The number of hydrogen-bond donors (Lipinski definition) is 2. The van der Waals surface area contributed by atoms with Gasteiger partial charge in [-0.1, -0.05) is 23.2 Å². The number of nitrogens with zero attached hydrogens (tertiary/aromatic N) is 1. The van der Waals surface area contributed by atoms with Crippen LogP contribution in [0.25, 0.3) is 0 Å². The summed E-state index contributed by atoms with van der Waals surface area (Å²) in [5.74, 6) is -1.30. The molecule has 1 heterocycles. The van der Waals surface area contributed by atoms with E-state index in [-0.39, 0.29) is 11.6 Å². The first-order chi connectivity index (χ1) is 6.50. The highest BCUT2D eigenvalue weighted by Gasteiger charge is 2.15. The summed E-state index contributed by atoms with van der Waals surface area (Å²) < 4.78 is 0. The maximum Gasteiger partial charge on any atom is 0.332 e. The van der Waals surface area contributed by atoms with Crippen LogP contribution in [-0.2, 0) is 11.2 Å². The topological polar surface area (TPSA) is 70.4 Å². The largest absolute Gasteiger partial charge is 0.479 e. The smallest absolute Gasteiger partial charge is 0.332 e. The Hall–Kier alpha value is -0.840. The molecule has 0 radical (unpaired) electrons. The van der Waals surface area contributed by atoms with Gasteiger partial charge < -0.3 is 10.2 Å². The minimum absolute atomic E-state index is 0.0850. The molecule has 76 valence electrons. The minimum atomic E-state index is -1.48. The van der Waals surface area contributed by atoms with Crippen molar-refractivity contribution in [2.24, 2.45) is 0 Å². The van der Waals surface area contributed by atoms with Crippen molar-refractivity contribution in [1.29, 1.82) is 0 Å². The van der Waals surface area contributed by atoms with Gasteiger partial charge in [-0.05, 0) is 11.6 Å². The third-order valence-electron chi connectivity index (χ3n) is 1.59. The van der Waals surface area contributed by atoms with Gasteiger partial charge in [-0.2, -0.15) is 0 Å². The van der Waals surface area contributed by atoms with Crippen LogP contribution in [0.3, 0.4) is 0 Å². The summed E-state index contributed by atoms with van der Waals surface area (Å²) in [5.41, 5.74) is 0.450. The fraction of sp³-hybridized carbons (Fsp3) is 0.250. The Balaban J connectivity index is 2.82. The molecule has 0 aromatic carbocycles. The number of rotatable bonds is 3. The van der Waals surface area contributed by atoms with Gasteiger partial charge >= 0.3 is 5.97 Å². The third kappa shape index (κ3) is 2.83. The average molecular weight is 236 g/mol. The SMILES string of the molecule is O=C(O)C(O)Cc1cnc(Cl)cc1Cl. The van der Waals surface area contributed by atoms with Crippen LogP contribution < -0.4 is 0 Å². The molecule has 0 saturated carbocycles. The van der Waals surface area contributed by atoms with Gasteiger partial charge in [0, 0.05) is 17.6 Å². The van der Waals surface area contributed by atoms with Crippen LogP contribution in [-0.4, -0.2) is 27.3 Å². The lowest BCUT2D eigenvalue weighted by Gasteiger charge is -2.06. The summed E-state index contributed by atoms with van der Waals surface area (Å²) in [5, 5.41) is 18.0. The molecule has 1 aromatic heterocycles. The number of pyridine rings is 1. The lowest BCUT2D eigenvalue weighted by Crippen LogP contribution is -2.22. The molecule has 0 aliphatic rings. The van der Waals surface area contributed by atoms with Crippen LogP contribution in [0.15, 0.2) is 12.3 Å². The minimum Gasteiger partial charge on any atom is -0.479 e. The van der Waals surface area contributed by atoms with Gasteiger partial charge in [-0.3, -0.25) is 0 Å². The van der Waals surface area contributed by atoms with E-state index in [0.29, 0.717) is 10.6 Å². The average Bonchev–Trinajstić information content (AvgIpc) is 2.09. The van der Waals surface area contributed by atoms with Crippen LogP contribution >= 0.6 is 23.2 Å². The van der Waals surface area contributed by atoms with Crippen LogP contribution in [0.2, 0.25) is 10.2 Å². The molecule has 0 fully saturated rings. The van der Waals surface area contributed by atoms with Crippen LogP contribution in [0, 0.1) is 0 Å². The maximum absolute atomic E-state index is 10.3. The lowest BCUT2D eigenvalue weighted by molar-refractivity contribution is -0.146. The van der Waals surface area contributed by atoms with E-state index >= 15 is 0 Å². The Morgan fingerprint density at radius 3 is 2.71 bits per heavy atom. The number of halogens is 2. The van der Waals surface area contributed by atoms with Crippen molar-refractivity contribution in [2.45, 2.75) is 12.5 Å². The molecular formula is C8H7Cl2NO3. The molecular weight excluding hydrogens is 229 g/mol. The zero-order valence-electron chi connectivity index (χ0n) is 6.94. The van der Waals surface area contributed by atoms with E-state index in [1.807, 2.05) is 0 Å². The van der Waals surface area contributed by atoms with E-state index < -0.39 is 12.1 Å². The van der Waals surface area contributed by atoms with Crippen molar-refractivity contribution < 1.29 is 15.0 Å². The molecule has 1 atom stereocenters. The number of carboxylic acid groups (broad SMARTS) is 1. The highest BCUT2D eigenvalue weighted by molar-refractivity contribution is 6.34. The molecule has 4 nitrogen and oxygen atoms in total. The number of aromatic nitrogens is 1. The Morgan fingerprint density at radius 2 is 2.21 bits per heavy atom. The van der Waals surface area contributed by atoms with Crippen molar-refractivity contribution in [2.75, 3.05) is 0 Å². The predicted molar refractivity (Wildman–Crippen MR) is 51.6 cm³/mol. The number of carboxylic acids is 1. The number of aliphatic hydroxyl groups excluding tert-OH is 1. The van der Waals surface area contributed by atoms with Crippen LogP contribution in [0.4, 0.5) is 0 Å². The molecule has 1 rings (SSSR count). The van der Waals surface area contributed by atoms with E-state index in [9.17, 15) is 4.79 Å². The van der Waals surface area contributed by atoms with E-state index in [1.165, 1.54) is 12.3 Å². The highest BCUT2D eigenvalue weighted by Crippen LogP contribution is 2.19. The van der Waals surface area contributed by atoms with Gasteiger partial charge in [0.1, 0.15) is 5.15 Å². The van der Waals surface area contributed by atoms with Crippen molar-refractivity contribution in [1.82, 2.24) is 4.98 Å². The summed E-state index contributed by atoms with van der Waals surface area (Å²) in [6, 6.07) is 1.40.